The molecule has 2 aromatic carbocycles. The number of aryl methyl sites for hydroxylation is 2. The topological polar surface area (TPSA) is 161 Å². The standard InChI is InChI=1S/C34H51ClN8O4/c1-43(2,3)21-18-38-29(44)22-26(39-34(45)30-32(36)41-33(37)31(35)40-30)23-42(19-6-8-24-10-14-27(46-4)15-11-24)20-7-9-25-12-16-28(47-5)17-13-25/h10-17,26,29,38,44H,6-9,18-23H2,1-5H3,(H4-,36,37,39,41,45)/p+1/t26-,29?/m0/s1. The maximum Gasteiger partial charge on any atom is 0.274 e. The maximum atomic E-state index is 13.4. The van der Waals surface area contributed by atoms with E-state index >= 15 is 0 Å². The summed E-state index contributed by atoms with van der Waals surface area (Å²) >= 11 is 6.07. The number of hydrogen-bond acceptors (Lipinski definition) is 10. The molecule has 0 saturated heterocycles. The molecule has 1 amide bonds. The van der Waals surface area contributed by atoms with Crippen molar-refractivity contribution < 1.29 is 23.9 Å². The average Bonchev–Trinajstić information content (AvgIpc) is 3.02. The van der Waals surface area contributed by atoms with Crippen molar-refractivity contribution in [2.45, 2.75) is 44.4 Å². The lowest BCUT2D eigenvalue weighted by Crippen LogP contribution is -2.49. The monoisotopic (exact) mass is 671 g/mol. The van der Waals surface area contributed by atoms with E-state index in [1.165, 1.54) is 11.1 Å². The van der Waals surface area contributed by atoms with Crippen LogP contribution in [0.1, 0.15) is 40.9 Å². The van der Waals surface area contributed by atoms with Crippen molar-refractivity contribution in [3.8, 4) is 11.5 Å². The van der Waals surface area contributed by atoms with Gasteiger partial charge in [-0.3, -0.25) is 10.1 Å². The van der Waals surface area contributed by atoms with Crippen LogP contribution in [0.3, 0.4) is 0 Å². The van der Waals surface area contributed by atoms with Gasteiger partial charge < -0.3 is 40.7 Å². The molecule has 7 N–H and O–H groups in total. The van der Waals surface area contributed by atoms with Gasteiger partial charge in [0.1, 0.15) is 17.7 Å². The summed E-state index contributed by atoms with van der Waals surface area (Å²) in [4.78, 5) is 23.8. The zero-order valence-corrected chi connectivity index (χ0v) is 29.1. The molecule has 0 aliphatic heterocycles. The highest BCUT2D eigenvalue weighted by Crippen LogP contribution is 2.18. The van der Waals surface area contributed by atoms with E-state index in [4.69, 9.17) is 32.5 Å². The lowest BCUT2D eigenvalue weighted by Gasteiger charge is -2.30. The second kappa shape index (κ2) is 18.6. The molecule has 1 unspecified atom stereocenters. The lowest BCUT2D eigenvalue weighted by atomic mass is 10.1. The van der Waals surface area contributed by atoms with E-state index in [0.29, 0.717) is 13.1 Å². The fourth-order valence-electron chi connectivity index (χ4n) is 5.16. The second-order valence-electron chi connectivity index (χ2n) is 12.7. The second-order valence-corrected chi connectivity index (χ2v) is 13.1. The molecule has 12 nitrogen and oxygen atoms in total. The number of anilines is 2. The third kappa shape index (κ3) is 13.5. The van der Waals surface area contributed by atoms with E-state index in [9.17, 15) is 9.90 Å². The minimum Gasteiger partial charge on any atom is -0.497 e. The first-order valence-corrected chi connectivity index (χ1v) is 16.3. The Hall–Kier alpha value is -3.68. The molecule has 258 valence electrons. The minimum absolute atomic E-state index is 0.0472. The number of benzene rings is 2. The summed E-state index contributed by atoms with van der Waals surface area (Å²) in [5.74, 6) is 0.967. The average molecular weight is 672 g/mol. The molecule has 47 heavy (non-hydrogen) atoms. The zero-order chi connectivity index (χ0) is 34.4. The Bertz CT molecular complexity index is 1330. The van der Waals surface area contributed by atoms with E-state index < -0.39 is 18.2 Å². The molecule has 3 rings (SSSR count). The van der Waals surface area contributed by atoms with Crippen molar-refractivity contribution in [3.63, 3.8) is 0 Å². The van der Waals surface area contributed by atoms with Gasteiger partial charge >= 0.3 is 0 Å². The van der Waals surface area contributed by atoms with Crippen molar-refractivity contribution in [3.05, 3.63) is 70.5 Å². The van der Waals surface area contributed by atoms with Gasteiger partial charge in [-0.1, -0.05) is 35.9 Å². The Balaban J connectivity index is 1.75. The number of quaternary nitrogens is 1. The number of amides is 1. The molecule has 0 spiro atoms. The Morgan fingerprint density at radius 1 is 0.915 bits per heavy atom. The molecule has 1 heterocycles. The van der Waals surface area contributed by atoms with Crippen LogP contribution in [-0.4, -0.2) is 111 Å². The summed E-state index contributed by atoms with van der Waals surface area (Å²) in [7, 11) is 9.60. The number of carbonyl (C=O) groups is 1. The first-order valence-electron chi connectivity index (χ1n) is 16.0. The van der Waals surface area contributed by atoms with Gasteiger partial charge in [0.25, 0.3) is 5.91 Å². The summed E-state index contributed by atoms with van der Waals surface area (Å²) in [5, 5.41) is 17.1. The third-order valence-corrected chi connectivity index (χ3v) is 8.08. The molecular formula is C34H52ClN8O4+. The molecule has 2 atom stereocenters. The number of likely N-dealkylation sites (N-methyl/N-ethyl adjacent to an activating group) is 1. The highest BCUT2D eigenvalue weighted by atomic mass is 35.5. The molecule has 1 aromatic heterocycles. The molecule has 0 fully saturated rings. The fraction of sp³-hybridized carbons (Fsp3) is 0.500. The predicted molar refractivity (Wildman–Crippen MR) is 188 cm³/mol. The molecule has 0 aliphatic rings. The fourth-order valence-corrected chi connectivity index (χ4v) is 5.29. The van der Waals surface area contributed by atoms with Crippen LogP contribution < -0.4 is 31.6 Å². The zero-order valence-electron chi connectivity index (χ0n) is 28.3. The van der Waals surface area contributed by atoms with E-state index in [0.717, 1.165) is 61.3 Å². The lowest BCUT2D eigenvalue weighted by molar-refractivity contribution is -0.869. The molecule has 0 saturated carbocycles. The molecule has 0 bridgehead atoms. The predicted octanol–water partition coefficient (Wildman–Crippen LogP) is 2.98. The number of nitrogen functional groups attached to an aromatic ring is 2. The third-order valence-electron chi connectivity index (χ3n) is 7.80. The van der Waals surface area contributed by atoms with Crippen LogP contribution in [-0.2, 0) is 12.8 Å². The Morgan fingerprint density at radius 2 is 1.45 bits per heavy atom. The van der Waals surface area contributed by atoms with Crippen LogP contribution in [0.15, 0.2) is 48.5 Å². The van der Waals surface area contributed by atoms with Gasteiger partial charge in [0.2, 0.25) is 0 Å². The summed E-state index contributed by atoms with van der Waals surface area (Å²) in [6.07, 6.45) is 3.03. The summed E-state index contributed by atoms with van der Waals surface area (Å²) in [6.45, 7) is 3.53. The van der Waals surface area contributed by atoms with Gasteiger partial charge in [0, 0.05) is 25.6 Å². The summed E-state index contributed by atoms with van der Waals surface area (Å²) in [6, 6.07) is 15.8. The largest absolute Gasteiger partial charge is 0.497 e. The van der Waals surface area contributed by atoms with Crippen molar-refractivity contribution in [1.82, 2.24) is 25.5 Å². The number of aliphatic hydroxyl groups is 1. The molecule has 13 heteroatoms. The molecule has 0 radical (unpaired) electrons. The first-order chi connectivity index (χ1) is 22.4. The number of nitrogens with zero attached hydrogens (tertiary/aromatic N) is 4. The van der Waals surface area contributed by atoms with Gasteiger partial charge in [0.15, 0.2) is 22.5 Å². The number of methoxy groups -OCH3 is 2. The van der Waals surface area contributed by atoms with Crippen LogP contribution in [0.4, 0.5) is 11.6 Å². The highest BCUT2D eigenvalue weighted by molar-refractivity contribution is 6.31. The van der Waals surface area contributed by atoms with Crippen molar-refractivity contribution >= 4 is 29.1 Å². The number of carbonyl (C=O) groups excluding carboxylic acids is 1. The van der Waals surface area contributed by atoms with Crippen LogP contribution in [0, 0.1) is 0 Å². The summed E-state index contributed by atoms with van der Waals surface area (Å²) in [5.41, 5.74) is 14.1. The van der Waals surface area contributed by atoms with Crippen molar-refractivity contribution in [2.24, 2.45) is 0 Å². The first kappa shape index (κ1) is 37.8. The van der Waals surface area contributed by atoms with Crippen LogP contribution in [0.2, 0.25) is 5.15 Å². The van der Waals surface area contributed by atoms with Crippen molar-refractivity contribution in [2.75, 3.05) is 79.6 Å². The van der Waals surface area contributed by atoms with Crippen LogP contribution in [0.5, 0.6) is 11.5 Å². The Labute approximate surface area is 284 Å². The number of halogens is 1. The number of hydrogen-bond donors (Lipinski definition) is 5. The van der Waals surface area contributed by atoms with E-state index in [-0.39, 0.29) is 28.9 Å². The number of aromatic nitrogens is 2. The van der Waals surface area contributed by atoms with Crippen LogP contribution in [0.25, 0.3) is 0 Å². The van der Waals surface area contributed by atoms with Gasteiger partial charge in [-0.05, 0) is 74.2 Å². The maximum absolute atomic E-state index is 13.4. The number of ether oxygens (including phenoxy) is 2. The number of nitrogens with one attached hydrogen (secondary N) is 2. The van der Waals surface area contributed by atoms with Gasteiger partial charge in [0.05, 0.1) is 41.9 Å². The molecule has 0 aliphatic carbocycles. The molecular weight excluding hydrogens is 620 g/mol. The minimum atomic E-state index is -0.842. The summed E-state index contributed by atoms with van der Waals surface area (Å²) < 4.78 is 11.4. The normalized spacial score (nSPS) is 12.9. The van der Waals surface area contributed by atoms with Crippen molar-refractivity contribution in [1.29, 1.82) is 0 Å². The van der Waals surface area contributed by atoms with E-state index in [1.54, 1.807) is 14.2 Å². The smallest absolute Gasteiger partial charge is 0.274 e. The quantitative estimate of drug-likeness (QED) is 0.0892. The Morgan fingerprint density at radius 3 is 1.94 bits per heavy atom. The molecule has 3 aromatic rings. The van der Waals surface area contributed by atoms with Gasteiger partial charge in [-0.2, -0.15) is 0 Å². The number of aliphatic hydroxyl groups excluding tert-OH is 1. The highest BCUT2D eigenvalue weighted by Gasteiger charge is 2.24. The Kier molecular flexibility index (Phi) is 15.0. The van der Waals surface area contributed by atoms with Gasteiger partial charge in [-0.15, -0.1) is 0 Å². The van der Waals surface area contributed by atoms with E-state index in [1.807, 2.05) is 24.3 Å². The van der Waals surface area contributed by atoms with Gasteiger partial charge in [-0.25, -0.2) is 9.97 Å². The number of nitrogens with two attached hydrogens (primary N) is 2. The SMILES string of the molecule is COc1ccc(CCCN(CCCc2ccc(OC)cc2)C[C@H](CC(O)NCC[N+](C)(C)C)NC(=O)c2nc(Cl)c(N)nc2N)cc1. The van der Waals surface area contributed by atoms with E-state index in [2.05, 4.69) is 70.9 Å². The number of rotatable bonds is 20. The van der Waals surface area contributed by atoms with Crippen LogP contribution >= 0.6 is 11.6 Å².